The molecule has 0 aromatic carbocycles. The Morgan fingerprint density at radius 3 is 2.76 bits per heavy atom. The van der Waals surface area contributed by atoms with Crippen LogP contribution < -0.4 is 15.1 Å². The lowest BCUT2D eigenvalue weighted by Crippen LogP contribution is -2.43. The lowest BCUT2D eigenvalue weighted by Gasteiger charge is -2.30. The van der Waals surface area contributed by atoms with Crippen molar-refractivity contribution < 1.29 is 27.8 Å². The highest BCUT2D eigenvalue weighted by Gasteiger charge is 2.40. The number of aliphatic hydroxyl groups excluding tert-OH is 1. The summed E-state index contributed by atoms with van der Waals surface area (Å²) in [5.41, 5.74) is 0. The standard InChI is InChI=1S/C22H27F3N8O3S/c1-3-5-12-8-13-17(31-6-7-33-16(11-31)29-30-19(33)22(23,24)25)27-20(28-18(13)37-12)32-9-14(15(34)10-32)26-21(35)36-4-2/h8,14-15,34H,3-7,9-11H2,1-2H3,(H,26,35). The molecule has 0 saturated carbocycles. The van der Waals surface area contributed by atoms with Gasteiger partial charge in [-0.1, -0.05) is 13.3 Å². The van der Waals surface area contributed by atoms with Crippen molar-refractivity contribution >= 4 is 39.4 Å². The largest absolute Gasteiger partial charge is 0.451 e. The number of halogens is 3. The molecule has 2 atom stereocenters. The fraction of sp³-hybridized carbons (Fsp3) is 0.591. The second kappa shape index (κ2) is 9.93. The van der Waals surface area contributed by atoms with Gasteiger partial charge in [0, 0.05) is 31.1 Å². The number of nitrogens with one attached hydrogen (secondary N) is 1. The van der Waals surface area contributed by atoms with Crippen LogP contribution in [0.2, 0.25) is 0 Å². The maximum Gasteiger partial charge on any atom is 0.451 e. The number of aromatic nitrogens is 5. The summed E-state index contributed by atoms with van der Waals surface area (Å²) in [6, 6.07) is 1.47. The van der Waals surface area contributed by atoms with Crippen molar-refractivity contribution in [3.8, 4) is 0 Å². The van der Waals surface area contributed by atoms with E-state index >= 15 is 0 Å². The molecule has 5 rings (SSSR count). The van der Waals surface area contributed by atoms with Gasteiger partial charge in [0.25, 0.3) is 0 Å². The normalized spacial score (nSPS) is 19.9. The van der Waals surface area contributed by atoms with E-state index in [9.17, 15) is 23.1 Å². The van der Waals surface area contributed by atoms with Crippen LogP contribution in [0.5, 0.6) is 0 Å². The van der Waals surface area contributed by atoms with Crippen molar-refractivity contribution in [1.29, 1.82) is 0 Å². The number of fused-ring (bicyclic) bond motifs is 2. The average Bonchev–Trinajstić information content (AvgIpc) is 3.54. The van der Waals surface area contributed by atoms with Crippen LogP contribution in [0.25, 0.3) is 10.2 Å². The number of amides is 1. The van der Waals surface area contributed by atoms with Gasteiger partial charge in [-0.05, 0) is 19.4 Å². The number of thiophene rings is 1. The van der Waals surface area contributed by atoms with Crippen LogP contribution in [0, 0.1) is 0 Å². The Morgan fingerprint density at radius 1 is 1.22 bits per heavy atom. The molecule has 2 aliphatic rings. The van der Waals surface area contributed by atoms with Crippen LogP contribution in [0.1, 0.15) is 36.8 Å². The number of nitrogens with zero attached hydrogens (tertiary/aromatic N) is 7. The number of alkyl carbamates (subject to hydrolysis) is 1. The van der Waals surface area contributed by atoms with Crippen LogP contribution in [0.3, 0.4) is 0 Å². The van der Waals surface area contributed by atoms with Crippen LogP contribution >= 0.6 is 11.3 Å². The van der Waals surface area contributed by atoms with Gasteiger partial charge in [-0.3, -0.25) is 0 Å². The minimum atomic E-state index is -4.57. The summed E-state index contributed by atoms with van der Waals surface area (Å²) < 4.78 is 46.0. The average molecular weight is 541 g/mol. The molecule has 1 fully saturated rings. The highest BCUT2D eigenvalue weighted by atomic mass is 32.1. The molecular formula is C22H27F3N8O3S. The Kier molecular flexibility index (Phi) is 6.83. The van der Waals surface area contributed by atoms with E-state index in [4.69, 9.17) is 14.7 Å². The van der Waals surface area contributed by atoms with Crippen LogP contribution in [-0.2, 0) is 30.4 Å². The van der Waals surface area contributed by atoms with E-state index in [2.05, 4.69) is 22.4 Å². The van der Waals surface area contributed by atoms with Gasteiger partial charge in [0.05, 0.1) is 30.7 Å². The summed E-state index contributed by atoms with van der Waals surface area (Å²) in [7, 11) is 0. The number of ether oxygens (including phenoxy) is 1. The Labute approximate surface area is 214 Å². The monoisotopic (exact) mass is 540 g/mol. The summed E-state index contributed by atoms with van der Waals surface area (Å²) in [6.07, 6.45) is -4.21. The highest BCUT2D eigenvalue weighted by molar-refractivity contribution is 7.18. The number of hydrogen-bond acceptors (Lipinski definition) is 10. The molecular weight excluding hydrogens is 513 g/mol. The molecule has 0 aliphatic carbocycles. The molecule has 0 radical (unpaired) electrons. The second-order valence-corrected chi connectivity index (χ2v) is 10.1. The van der Waals surface area contributed by atoms with Gasteiger partial charge >= 0.3 is 12.3 Å². The number of carbonyl (C=O) groups is 1. The topological polar surface area (TPSA) is 122 Å². The molecule has 1 saturated heterocycles. The number of carbonyl (C=O) groups excluding carboxylic acids is 1. The molecule has 1 amide bonds. The van der Waals surface area contributed by atoms with Gasteiger partial charge in [-0.2, -0.15) is 18.2 Å². The van der Waals surface area contributed by atoms with Gasteiger partial charge in [0.15, 0.2) is 5.82 Å². The van der Waals surface area contributed by atoms with E-state index in [1.165, 1.54) is 0 Å². The number of anilines is 2. The summed E-state index contributed by atoms with van der Waals surface area (Å²) >= 11 is 1.55. The Balaban J connectivity index is 1.47. The van der Waals surface area contributed by atoms with E-state index < -0.39 is 30.2 Å². The first-order chi connectivity index (χ1) is 17.7. The highest BCUT2D eigenvalue weighted by Crippen LogP contribution is 2.36. The number of hydrogen-bond donors (Lipinski definition) is 2. The zero-order valence-electron chi connectivity index (χ0n) is 20.3. The smallest absolute Gasteiger partial charge is 0.450 e. The van der Waals surface area contributed by atoms with Gasteiger partial charge < -0.3 is 29.5 Å². The third kappa shape index (κ3) is 5.01. The summed E-state index contributed by atoms with van der Waals surface area (Å²) in [5.74, 6) is 0.189. The van der Waals surface area contributed by atoms with Crippen molar-refractivity contribution in [2.45, 2.75) is 58.1 Å². The van der Waals surface area contributed by atoms with Crippen LogP contribution in [0.15, 0.2) is 6.07 Å². The van der Waals surface area contributed by atoms with Gasteiger partial charge in [-0.25, -0.2) is 9.78 Å². The Morgan fingerprint density at radius 2 is 2.03 bits per heavy atom. The predicted molar refractivity (Wildman–Crippen MR) is 130 cm³/mol. The van der Waals surface area contributed by atoms with E-state index in [0.717, 1.165) is 32.5 Å². The first-order valence-electron chi connectivity index (χ1n) is 12.1. The van der Waals surface area contributed by atoms with Gasteiger partial charge in [-0.15, -0.1) is 21.5 Å². The quantitative estimate of drug-likeness (QED) is 0.486. The number of rotatable bonds is 6. The minimum absolute atomic E-state index is 0.0674. The Hall–Kier alpha value is -3.20. The number of aryl methyl sites for hydroxylation is 1. The van der Waals surface area contributed by atoms with Crippen molar-refractivity contribution in [1.82, 2.24) is 30.0 Å². The molecule has 200 valence electrons. The van der Waals surface area contributed by atoms with Gasteiger partial charge in [0.1, 0.15) is 10.6 Å². The third-order valence-corrected chi connectivity index (χ3v) is 7.45. The maximum atomic E-state index is 13.3. The maximum absolute atomic E-state index is 13.3. The molecule has 3 aromatic heterocycles. The number of alkyl halides is 3. The molecule has 0 spiro atoms. The lowest BCUT2D eigenvalue weighted by molar-refractivity contribution is -0.147. The van der Waals surface area contributed by atoms with Crippen molar-refractivity contribution in [3.63, 3.8) is 0 Å². The second-order valence-electron chi connectivity index (χ2n) is 8.98. The van der Waals surface area contributed by atoms with Crippen LogP contribution in [0.4, 0.5) is 29.7 Å². The molecule has 15 heteroatoms. The van der Waals surface area contributed by atoms with Gasteiger partial charge in [0.2, 0.25) is 11.8 Å². The summed E-state index contributed by atoms with van der Waals surface area (Å²) in [6.45, 7) is 4.95. The summed E-state index contributed by atoms with van der Waals surface area (Å²) in [4.78, 5) is 27.0. The molecule has 5 heterocycles. The number of β-amino-alcohol motifs (C(OH)–C–C–N with tert-alkyl or cyclic N) is 1. The lowest BCUT2D eigenvalue weighted by atomic mass is 10.2. The predicted octanol–water partition coefficient (Wildman–Crippen LogP) is 2.57. The molecule has 3 aromatic rings. The molecule has 11 nitrogen and oxygen atoms in total. The third-order valence-electron chi connectivity index (χ3n) is 6.37. The first kappa shape index (κ1) is 25.4. The summed E-state index contributed by atoms with van der Waals surface area (Å²) in [5, 5.41) is 21.2. The van der Waals surface area contributed by atoms with E-state index in [-0.39, 0.29) is 45.2 Å². The molecule has 2 aliphatic heterocycles. The minimum Gasteiger partial charge on any atom is -0.450 e. The SMILES string of the molecule is CCCc1cc2c(N3CCn4c(nnc4C(F)(F)F)C3)nc(N3CC(O)C(NC(=O)OCC)C3)nc2s1. The molecule has 0 bridgehead atoms. The zero-order chi connectivity index (χ0) is 26.3. The first-order valence-corrected chi connectivity index (χ1v) is 12.9. The van der Waals surface area contributed by atoms with Crippen molar-refractivity contribution in [2.75, 3.05) is 36.0 Å². The van der Waals surface area contributed by atoms with E-state index in [1.807, 2.05) is 11.0 Å². The zero-order valence-corrected chi connectivity index (χ0v) is 21.1. The van der Waals surface area contributed by atoms with E-state index in [0.29, 0.717) is 11.8 Å². The van der Waals surface area contributed by atoms with Crippen LogP contribution in [-0.4, -0.2) is 74.3 Å². The molecule has 2 unspecified atom stereocenters. The molecule has 37 heavy (non-hydrogen) atoms. The molecule has 2 N–H and O–H groups in total. The fourth-order valence-corrected chi connectivity index (χ4v) is 5.78. The van der Waals surface area contributed by atoms with Crippen molar-refractivity contribution in [3.05, 3.63) is 22.6 Å². The van der Waals surface area contributed by atoms with E-state index in [1.54, 1.807) is 23.2 Å². The van der Waals surface area contributed by atoms with Crippen molar-refractivity contribution in [2.24, 2.45) is 0 Å². The Bertz CT molecular complexity index is 1300. The fourth-order valence-electron chi connectivity index (χ4n) is 4.66. The number of aliphatic hydroxyl groups is 1.